The summed E-state index contributed by atoms with van der Waals surface area (Å²) >= 11 is 0. The summed E-state index contributed by atoms with van der Waals surface area (Å²) in [6.07, 6.45) is 59.2. The van der Waals surface area contributed by atoms with Crippen LogP contribution in [0.4, 0.5) is 0 Å². The number of allylic oxidation sites excluding steroid dienone is 2. The van der Waals surface area contributed by atoms with Crippen molar-refractivity contribution in [2.45, 2.75) is 322 Å². The third-order valence-electron chi connectivity index (χ3n) is 12.8. The highest BCUT2D eigenvalue weighted by atomic mass is 16.6. The van der Waals surface area contributed by atoms with Crippen molar-refractivity contribution in [2.75, 3.05) is 13.2 Å². The molecule has 372 valence electrons. The summed E-state index contributed by atoms with van der Waals surface area (Å²) in [5.74, 6) is -0.855. The maximum atomic E-state index is 12.8. The molecular weight excluding hydrogens is 781 g/mol. The van der Waals surface area contributed by atoms with E-state index in [-0.39, 0.29) is 31.1 Å². The second-order valence-electron chi connectivity index (χ2n) is 19.2. The van der Waals surface area contributed by atoms with Gasteiger partial charge in [-0.15, -0.1) is 0 Å². The van der Waals surface area contributed by atoms with Crippen molar-refractivity contribution in [1.82, 2.24) is 0 Å². The van der Waals surface area contributed by atoms with E-state index in [2.05, 4.69) is 32.9 Å². The lowest BCUT2D eigenvalue weighted by atomic mass is 10.0. The lowest BCUT2D eigenvalue weighted by molar-refractivity contribution is -0.167. The topological polar surface area (TPSA) is 78.9 Å². The number of unbranched alkanes of at least 4 members (excludes halogenated alkanes) is 39. The van der Waals surface area contributed by atoms with Gasteiger partial charge in [0.15, 0.2) is 6.10 Å². The van der Waals surface area contributed by atoms with Crippen LogP contribution in [0.5, 0.6) is 0 Å². The van der Waals surface area contributed by atoms with Crippen LogP contribution in [0.2, 0.25) is 0 Å². The molecule has 0 saturated heterocycles. The molecule has 0 aromatic carbocycles. The summed E-state index contributed by atoms with van der Waals surface area (Å²) in [7, 11) is 0. The number of ether oxygens (including phenoxy) is 3. The van der Waals surface area contributed by atoms with E-state index in [4.69, 9.17) is 14.2 Å². The second kappa shape index (κ2) is 52.8. The van der Waals surface area contributed by atoms with Crippen LogP contribution in [0.1, 0.15) is 316 Å². The molecule has 63 heavy (non-hydrogen) atoms. The van der Waals surface area contributed by atoms with Crippen molar-refractivity contribution in [3.63, 3.8) is 0 Å². The molecule has 6 nitrogen and oxygen atoms in total. The lowest BCUT2D eigenvalue weighted by Gasteiger charge is -2.18. The average molecular weight is 889 g/mol. The van der Waals surface area contributed by atoms with E-state index in [1.165, 1.54) is 212 Å². The van der Waals surface area contributed by atoms with E-state index in [1.807, 2.05) is 0 Å². The third kappa shape index (κ3) is 51.0. The van der Waals surface area contributed by atoms with Crippen molar-refractivity contribution < 1.29 is 28.6 Å². The Kier molecular flexibility index (Phi) is 51.2. The minimum absolute atomic E-state index is 0.0667. The van der Waals surface area contributed by atoms with Crippen LogP contribution in [0.15, 0.2) is 12.2 Å². The quantitative estimate of drug-likeness (QED) is 0.0262. The Hall–Kier alpha value is -1.85. The molecule has 0 rings (SSSR count). The zero-order chi connectivity index (χ0) is 45.8. The summed E-state index contributed by atoms with van der Waals surface area (Å²) in [5.41, 5.74) is 0. The van der Waals surface area contributed by atoms with E-state index in [9.17, 15) is 14.4 Å². The average Bonchev–Trinajstić information content (AvgIpc) is 3.28. The summed E-state index contributed by atoms with van der Waals surface area (Å²) in [5, 5.41) is 0. The third-order valence-corrected chi connectivity index (χ3v) is 12.8. The summed E-state index contributed by atoms with van der Waals surface area (Å²) in [6, 6.07) is 0. The van der Waals surface area contributed by atoms with Gasteiger partial charge in [0.05, 0.1) is 0 Å². The zero-order valence-electron chi connectivity index (χ0n) is 42.6. The Morgan fingerprint density at radius 3 is 0.841 bits per heavy atom. The summed E-state index contributed by atoms with van der Waals surface area (Å²) < 4.78 is 16.8. The SMILES string of the molecule is CCCC/C=C\CCCCCCCC(=O)OC[C@H](COC(=O)CCCCCCCCCCCCCCCCCCCCC)OC(=O)CCCCCCCCCCCCCCCCC. The smallest absolute Gasteiger partial charge is 0.306 e. The fourth-order valence-corrected chi connectivity index (χ4v) is 8.49. The Bertz CT molecular complexity index is 978. The maximum Gasteiger partial charge on any atom is 0.306 e. The largest absolute Gasteiger partial charge is 0.462 e. The predicted molar refractivity (Wildman–Crippen MR) is 270 cm³/mol. The van der Waals surface area contributed by atoms with Gasteiger partial charge in [0.1, 0.15) is 13.2 Å². The maximum absolute atomic E-state index is 12.8. The van der Waals surface area contributed by atoms with Crippen molar-refractivity contribution >= 4 is 17.9 Å². The molecular formula is C57H108O6. The van der Waals surface area contributed by atoms with Crippen LogP contribution in [0.3, 0.4) is 0 Å². The molecule has 0 fully saturated rings. The van der Waals surface area contributed by atoms with Crippen LogP contribution in [0, 0.1) is 0 Å². The lowest BCUT2D eigenvalue weighted by Crippen LogP contribution is -2.30. The van der Waals surface area contributed by atoms with Gasteiger partial charge in [-0.2, -0.15) is 0 Å². The minimum Gasteiger partial charge on any atom is -0.462 e. The molecule has 0 heterocycles. The molecule has 0 unspecified atom stereocenters. The number of hydrogen-bond donors (Lipinski definition) is 0. The number of carbonyl (C=O) groups excluding carboxylic acids is 3. The second-order valence-corrected chi connectivity index (χ2v) is 19.2. The molecule has 0 saturated carbocycles. The number of esters is 3. The van der Waals surface area contributed by atoms with Gasteiger partial charge in [0.2, 0.25) is 0 Å². The van der Waals surface area contributed by atoms with Crippen LogP contribution >= 0.6 is 0 Å². The Balaban J connectivity index is 4.26. The van der Waals surface area contributed by atoms with E-state index in [0.717, 1.165) is 64.2 Å². The highest BCUT2D eigenvalue weighted by Crippen LogP contribution is 2.17. The Labute approximate surface area is 392 Å². The van der Waals surface area contributed by atoms with Crippen LogP contribution < -0.4 is 0 Å². The van der Waals surface area contributed by atoms with Crippen LogP contribution in [-0.4, -0.2) is 37.2 Å². The van der Waals surface area contributed by atoms with E-state index < -0.39 is 6.10 Å². The van der Waals surface area contributed by atoms with Crippen LogP contribution in [0.25, 0.3) is 0 Å². The van der Waals surface area contributed by atoms with Gasteiger partial charge in [-0.3, -0.25) is 14.4 Å². The monoisotopic (exact) mass is 889 g/mol. The molecule has 0 aliphatic carbocycles. The zero-order valence-corrected chi connectivity index (χ0v) is 42.6. The van der Waals surface area contributed by atoms with Crippen molar-refractivity contribution in [1.29, 1.82) is 0 Å². The first-order valence-electron chi connectivity index (χ1n) is 28.2. The fraction of sp³-hybridized carbons (Fsp3) is 0.912. The van der Waals surface area contributed by atoms with Gasteiger partial charge in [-0.1, -0.05) is 270 Å². The van der Waals surface area contributed by atoms with Crippen molar-refractivity contribution in [3.05, 3.63) is 12.2 Å². The molecule has 1 atom stereocenters. The molecule has 0 aromatic rings. The van der Waals surface area contributed by atoms with Crippen molar-refractivity contribution in [2.24, 2.45) is 0 Å². The molecule has 0 aromatic heterocycles. The first kappa shape index (κ1) is 61.1. The van der Waals surface area contributed by atoms with Crippen molar-refractivity contribution in [3.8, 4) is 0 Å². The van der Waals surface area contributed by atoms with Gasteiger partial charge in [0.25, 0.3) is 0 Å². The number of carbonyl (C=O) groups is 3. The molecule has 0 aliphatic heterocycles. The fourth-order valence-electron chi connectivity index (χ4n) is 8.49. The first-order chi connectivity index (χ1) is 31.0. The van der Waals surface area contributed by atoms with Gasteiger partial charge in [-0.05, 0) is 38.5 Å². The number of hydrogen-bond acceptors (Lipinski definition) is 6. The normalized spacial score (nSPS) is 12.0. The van der Waals surface area contributed by atoms with Gasteiger partial charge < -0.3 is 14.2 Å². The minimum atomic E-state index is -0.766. The molecule has 0 radical (unpaired) electrons. The van der Waals surface area contributed by atoms with E-state index in [1.54, 1.807) is 0 Å². The molecule has 0 aliphatic rings. The summed E-state index contributed by atoms with van der Waals surface area (Å²) in [4.78, 5) is 38.0. The van der Waals surface area contributed by atoms with E-state index in [0.29, 0.717) is 19.3 Å². The van der Waals surface area contributed by atoms with E-state index >= 15 is 0 Å². The van der Waals surface area contributed by atoms with Gasteiger partial charge in [-0.25, -0.2) is 0 Å². The van der Waals surface area contributed by atoms with Gasteiger partial charge in [0, 0.05) is 19.3 Å². The standard InChI is InChI=1S/C57H108O6/c1-4-7-10-13-16-19-22-24-26-27-28-29-31-32-35-38-41-44-47-50-56(59)62-53-54(52-61-55(58)49-46-43-40-37-34-21-18-15-12-9-6-3)63-57(60)51-48-45-42-39-36-33-30-25-23-20-17-14-11-8-5-2/h15,18,54H,4-14,16-17,19-53H2,1-3H3/b18-15-/t54-/m1/s1. The highest BCUT2D eigenvalue weighted by Gasteiger charge is 2.19. The molecule has 0 N–H and O–H groups in total. The molecule has 0 amide bonds. The van der Waals surface area contributed by atoms with Gasteiger partial charge >= 0.3 is 17.9 Å². The Morgan fingerprint density at radius 2 is 0.540 bits per heavy atom. The predicted octanol–water partition coefficient (Wildman–Crippen LogP) is 18.5. The molecule has 0 spiro atoms. The van der Waals surface area contributed by atoms with Crippen LogP contribution in [-0.2, 0) is 28.6 Å². The first-order valence-corrected chi connectivity index (χ1v) is 28.2. The summed E-state index contributed by atoms with van der Waals surface area (Å²) in [6.45, 7) is 6.65. The molecule has 6 heteroatoms. The number of rotatable bonds is 52. The Morgan fingerprint density at radius 1 is 0.302 bits per heavy atom. The highest BCUT2D eigenvalue weighted by molar-refractivity contribution is 5.71. The molecule has 0 bridgehead atoms.